The lowest BCUT2D eigenvalue weighted by Gasteiger charge is -2.57. The van der Waals surface area contributed by atoms with Crippen LogP contribution >= 0.6 is 0 Å². The average molecular weight is 656 g/mol. The van der Waals surface area contributed by atoms with Crippen LogP contribution in [0.2, 0.25) is 0 Å². The van der Waals surface area contributed by atoms with Crippen LogP contribution in [0.4, 0.5) is 0 Å². The van der Waals surface area contributed by atoms with E-state index in [1.165, 1.54) is 0 Å². The van der Waals surface area contributed by atoms with Gasteiger partial charge in [0.05, 0.1) is 12.5 Å². The third kappa shape index (κ3) is 6.79. The second kappa shape index (κ2) is 13.4. The molecule has 0 radical (unpaired) electrons. The first kappa shape index (κ1) is 36.4. The summed E-state index contributed by atoms with van der Waals surface area (Å²) in [5.41, 5.74) is -2.23. The minimum absolute atomic E-state index is 0.00391. The average Bonchev–Trinajstić information content (AvgIpc) is 3.13. The Hall–Kier alpha value is -0.890. The van der Waals surface area contributed by atoms with Gasteiger partial charge in [-0.15, -0.1) is 0 Å². The fourth-order valence-corrected chi connectivity index (χ4v) is 9.73. The molecule has 6 aliphatic rings. The maximum absolute atomic E-state index is 12.0. The summed E-state index contributed by atoms with van der Waals surface area (Å²) in [6.45, 7) is 13.1. The van der Waals surface area contributed by atoms with Crippen LogP contribution in [0.15, 0.2) is 0 Å². The lowest BCUT2D eigenvalue weighted by Crippen LogP contribution is -2.67. The molecule has 5 unspecified atom stereocenters. The summed E-state index contributed by atoms with van der Waals surface area (Å²) in [6.07, 6.45) is 4.84. The van der Waals surface area contributed by atoms with Crippen LogP contribution in [0.3, 0.4) is 0 Å². The van der Waals surface area contributed by atoms with Gasteiger partial charge in [0.25, 0.3) is 0 Å². The van der Waals surface area contributed by atoms with Crippen LogP contribution in [0.1, 0.15) is 99.3 Å². The van der Waals surface area contributed by atoms with E-state index in [-0.39, 0.29) is 41.5 Å². The highest BCUT2D eigenvalue weighted by molar-refractivity contribution is 5.74. The van der Waals surface area contributed by atoms with Crippen LogP contribution < -0.4 is 0 Å². The second-order valence-electron chi connectivity index (χ2n) is 16.3. The molecule has 6 rings (SSSR count). The number of ether oxygens (including phenoxy) is 5. The van der Waals surface area contributed by atoms with E-state index in [0.717, 1.165) is 45.1 Å². The zero-order valence-corrected chi connectivity index (χ0v) is 29.3. The van der Waals surface area contributed by atoms with Gasteiger partial charge in [-0.1, -0.05) is 27.7 Å². The molecule has 4 N–H and O–H groups in total. The van der Waals surface area contributed by atoms with E-state index in [2.05, 4.69) is 25.7 Å². The van der Waals surface area contributed by atoms with Crippen molar-refractivity contribution in [2.75, 3.05) is 27.2 Å². The van der Waals surface area contributed by atoms with E-state index < -0.39 is 41.6 Å². The Morgan fingerprint density at radius 1 is 0.761 bits per heavy atom. The van der Waals surface area contributed by atoms with Crippen LogP contribution in [0, 0.1) is 47.3 Å². The minimum Gasteiger partial charge on any atom is -0.432 e. The van der Waals surface area contributed by atoms with E-state index >= 15 is 0 Å². The Balaban J connectivity index is 0.000000187. The Kier molecular flexibility index (Phi) is 10.6. The molecule has 4 aliphatic heterocycles. The van der Waals surface area contributed by atoms with Crippen molar-refractivity contribution >= 4 is 5.97 Å². The topological polar surface area (TPSA) is 147 Å². The highest BCUT2D eigenvalue weighted by Crippen LogP contribution is 2.56. The van der Waals surface area contributed by atoms with Gasteiger partial charge in [0.15, 0.2) is 24.2 Å². The SMILES string of the molecule is C[C@@H]1CCC2[C@@H](C)C(=O)O[C@@H]3O[C@](C)(O)CCC1[C@@]23O.C[C@H]1C(OCCCN(C)C)O[C@@H]2O[C@](C)(O)CCC3[C@H](C)CCC1[C@]32O. The van der Waals surface area contributed by atoms with Gasteiger partial charge in [-0.2, -0.15) is 0 Å². The quantitative estimate of drug-likeness (QED) is 0.254. The number of hydrogen-bond donors (Lipinski definition) is 4. The van der Waals surface area contributed by atoms with Gasteiger partial charge in [0.1, 0.15) is 11.2 Å². The van der Waals surface area contributed by atoms with Crippen LogP contribution in [0.25, 0.3) is 0 Å². The molecule has 46 heavy (non-hydrogen) atoms. The van der Waals surface area contributed by atoms with Crippen LogP contribution in [-0.2, 0) is 28.5 Å². The zero-order valence-electron chi connectivity index (χ0n) is 29.3. The molecule has 4 saturated heterocycles. The monoisotopic (exact) mass is 655 g/mol. The first-order chi connectivity index (χ1) is 21.4. The summed E-state index contributed by atoms with van der Waals surface area (Å²) in [5.74, 6) is -2.48. The predicted octanol–water partition coefficient (Wildman–Crippen LogP) is 3.60. The van der Waals surface area contributed by atoms with Crippen molar-refractivity contribution in [3.8, 4) is 0 Å². The molecular formula is C35H61NO10. The molecule has 11 heteroatoms. The molecule has 0 bridgehead atoms. The summed E-state index contributed by atoms with van der Waals surface area (Å²) in [4.78, 5) is 14.1. The largest absolute Gasteiger partial charge is 0.432 e. The van der Waals surface area contributed by atoms with Crippen molar-refractivity contribution in [2.24, 2.45) is 47.3 Å². The van der Waals surface area contributed by atoms with Crippen molar-refractivity contribution in [2.45, 2.75) is 141 Å². The number of hydrogen-bond acceptors (Lipinski definition) is 11. The molecule has 266 valence electrons. The normalized spacial score (nSPS) is 51.8. The fraction of sp³-hybridized carbons (Fsp3) is 0.971. The molecule has 0 aromatic rings. The van der Waals surface area contributed by atoms with Crippen molar-refractivity contribution in [3.05, 3.63) is 0 Å². The summed E-state index contributed by atoms with van der Waals surface area (Å²) in [5, 5.41) is 43.9. The van der Waals surface area contributed by atoms with Crippen LogP contribution in [0.5, 0.6) is 0 Å². The number of rotatable bonds is 5. The van der Waals surface area contributed by atoms with Crippen molar-refractivity contribution in [1.29, 1.82) is 0 Å². The van der Waals surface area contributed by atoms with E-state index in [0.29, 0.717) is 37.7 Å². The molecule has 15 atom stereocenters. The lowest BCUT2D eigenvalue weighted by molar-refractivity contribution is -0.408. The molecule has 4 heterocycles. The molecule has 6 fully saturated rings. The molecule has 0 aromatic carbocycles. The van der Waals surface area contributed by atoms with Crippen LogP contribution in [-0.4, -0.2) is 100 Å². The predicted molar refractivity (Wildman–Crippen MR) is 169 cm³/mol. The summed E-state index contributed by atoms with van der Waals surface area (Å²) in [7, 11) is 4.09. The smallest absolute Gasteiger partial charge is 0.311 e. The van der Waals surface area contributed by atoms with Gasteiger partial charge in [0, 0.05) is 30.6 Å². The number of nitrogens with zero attached hydrogens (tertiary/aromatic N) is 1. The van der Waals surface area contributed by atoms with Gasteiger partial charge in [-0.3, -0.25) is 4.79 Å². The number of carbonyl (C=O) groups is 1. The summed E-state index contributed by atoms with van der Waals surface area (Å²) in [6, 6.07) is 0. The van der Waals surface area contributed by atoms with Gasteiger partial charge in [0.2, 0.25) is 6.29 Å². The molecular weight excluding hydrogens is 594 g/mol. The zero-order chi connectivity index (χ0) is 33.8. The van der Waals surface area contributed by atoms with Gasteiger partial charge in [-0.25, -0.2) is 0 Å². The number of carbonyl (C=O) groups excluding carboxylic acids is 1. The van der Waals surface area contributed by atoms with E-state index in [1.54, 1.807) is 13.8 Å². The standard InChI is InChI=1S/C20H37NO5.C15H24O5/c1-13-7-8-16-14(2)17(24-12-6-11-21(4)5)25-18-20(16,23)15(13)9-10-19(3,22)26-18;1-8-4-5-11-9(2)12(16)19-13-15(11,18)10(8)6-7-14(3,17)20-13/h13-18,22-23H,6-12H2,1-5H3;8-11,13,17-18H,4-7H2,1-3H3/t13-,14-,15?,16?,17?,18-,19+,20-;8-,9-,10?,11?,13-,14+,15-/m11/s1. The molecule has 11 nitrogen and oxygen atoms in total. The summed E-state index contributed by atoms with van der Waals surface area (Å²) >= 11 is 0. The molecule has 2 aliphatic carbocycles. The highest BCUT2D eigenvalue weighted by Gasteiger charge is 2.65. The third-order valence-electron chi connectivity index (χ3n) is 12.5. The van der Waals surface area contributed by atoms with E-state index in [1.807, 2.05) is 21.0 Å². The van der Waals surface area contributed by atoms with Gasteiger partial charge >= 0.3 is 5.97 Å². The maximum atomic E-state index is 12.0. The Morgan fingerprint density at radius 2 is 1.28 bits per heavy atom. The highest BCUT2D eigenvalue weighted by atomic mass is 16.8. The van der Waals surface area contributed by atoms with Crippen molar-refractivity contribution < 1.29 is 48.9 Å². The fourth-order valence-electron chi connectivity index (χ4n) is 9.73. The van der Waals surface area contributed by atoms with E-state index in [4.69, 9.17) is 23.7 Å². The van der Waals surface area contributed by atoms with Crippen molar-refractivity contribution in [3.63, 3.8) is 0 Å². The Bertz CT molecular complexity index is 1070. The Labute approximate surface area is 275 Å². The number of aliphatic hydroxyl groups is 4. The molecule has 0 aromatic heterocycles. The first-order valence-corrected chi connectivity index (χ1v) is 17.8. The molecule has 0 amide bonds. The number of esters is 1. The molecule has 0 spiro atoms. The Morgan fingerprint density at radius 3 is 1.85 bits per heavy atom. The van der Waals surface area contributed by atoms with Gasteiger partial charge in [-0.05, 0) is 103 Å². The van der Waals surface area contributed by atoms with E-state index in [9.17, 15) is 25.2 Å². The van der Waals surface area contributed by atoms with Gasteiger partial charge < -0.3 is 49.0 Å². The minimum atomic E-state index is -1.36. The maximum Gasteiger partial charge on any atom is 0.311 e. The molecule has 2 saturated carbocycles. The van der Waals surface area contributed by atoms with Crippen molar-refractivity contribution in [1.82, 2.24) is 4.90 Å². The summed E-state index contributed by atoms with van der Waals surface area (Å²) < 4.78 is 29.0. The third-order valence-corrected chi connectivity index (χ3v) is 12.5. The first-order valence-electron chi connectivity index (χ1n) is 17.8. The second-order valence-corrected chi connectivity index (χ2v) is 16.3. The lowest BCUT2D eigenvalue weighted by atomic mass is 9.58.